The molecule has 124 valence electrons. The minimum atomic E-state index is -3.98. The topological polar surface area (TPSA) is 78.8 Å². The summed E-state index contributed by atoms with van der Waals surface area (Å²) in [5.41, 5.74) is 1.44. The highest BCUT2D eigenvalue weighted by molar-refractivity contribution is 8.03. The van der Waals surface area contributed by atoms with Crippen LogP contribution in [0.1, 0.15) is 26.7 Å². The van der Waals surface area contributed by atoms with E-state index in [1.807, 2.05) is 12.1 Å². The van der Waals surface area contributed by atoms with E-state index >= 15 is 0 Å². The van der Waals surface area contributed by atoms with Crippen molar-refractivity contribution in [2.45, 2.75) is 26.7 Å². The van der Waals surface area contributed by atoms with Crippen molar-refractivity contribution in [2.75, 3.05) is 34.2 Å². The standard InChI is InChI=1S/C14H23N3O3S2/c1-3-21(18,4-2)16-22(19,20)15-13-8-7-9-14(12-13)17-10-5-6-11-17/h7-9,12,15H,3-6,10-11H2,1-2H3. The number of hydrogen-bond donors (Lipinski definition) is 1. The molecule has 1 aromatic carbocycles. The third-order valence-corrected chi connectivity index (χ3v) is 7.87. The van der Waals surface area contributed by atoms with Gasteiger partial charge in [-0.25, -0.2) is 4.21 Å². The van der Waals surface area contributed by atoms with Gasteiger partial charge in [-0.15, -0.1) is 0 Å². The van der Waals surface area contributed by atoms with Gasteiger partial charge in [0.1, 0.15) is 0 Å². The molecular weight excluding hydrogens is 322 g/mol. The maximum absolute atomic E-state index is 12.2. The van der Waals surface area contributed by atoms with E-state index in [0.29, 0.717) is 5.69 Å². The largest absolute Gasteiger partial charge is 0.371 e. The van der Waals surface area contributed by atoms with E-state index in [9.17, 15) is 12.6 Å². The van der Waals surface area contributed by atoms with E-state index < -0.39 is 19.9 Å². The number of nitrogens with zero attached hydrogens (tertiary/aromatic N) is 2. The Morgan fingerprint density at radius 1 is 1.14 bits per heavy atom. The second-order valence-electron chi connectivity index (χ2n) is 5.25. The zero-order chi connectivity index (χ0) is 16.2. The molecule has 22 heavy (non-hydrogen) atoms. The maximum atomic E-state index is 12.2. The summed E-state index contributed by atoms with van der Waals surface area (Å²) in [6, 6.07) is 7.23. The quantitative estimate of drug-likeness (QED) is 0.859. The predicted molar refractivity (Wildman–Crippen MR) is 92.1 cm³/mol. The Morgan fingerprint density at radius 2 is 1.77 bits per heavy atom. The molecule has 0 radical (unpaired) electrons. The second kappa shape index (κ2) is 6.87. The molecule has 1 aliphatic rings. The van der Waals surface area contributed by atoms with Crippen molar-refractivity contribution in [3.63, 3.8) is 0 Å². The number of hydrogen-bond acceptors (Lipinski definition) is 4. The zero-order valence-corrected chi connectivity index (χ0v) is 14.6. The van der Waals surface area contributed by atoms with Gasteiger partial charge < -0.3 is 4.90 Å². The highest BCUT2D eigenvalue weighted by Gasteiger charge is 2.16. The van der Waals surface area contributed by atoms with Crippen molar-refractivity contribution in [3.8, 4) is 0 Å². The SMILES string of the molecule is CCS(=O)(CC)=NS(=O)(=O)Nc1cccc(N2CCCC2)c1. The molecule has 1 heterocycles. The van der Waals surface area contributed by atoms with Gasteiger partial charge in [0.25, 0.3) is 0 Å². The van der Waals surface area contributed by atoms with Crippen LogP contribution in [0.2, 0.25) is 0 Å². The molecule has 0 unspecified atom stereocenters. The fourth-order valence-electron chi connectivity index (χ4n) is 2.40. The molecule has 1 aromatic rings. The lowest BCUT2D eigenvalue weighted by atomic mass is 10.2. The van der Waals surface area contributed by atoms with Crippen LogP contribution in [0.15, 0.2) is 28.0 Å². The van der Waals surface area contributed by atoms with Gasteiger partial charge in [-0.3, -0.25) is 4.72 Å². The van der Waals surface area contributed by atoms with Crippen molar-refractivity contribution in [1.29, 1.82) is 0 Å². The smallest absolute Gasteiger partial charge is 0.350 e. The van der Waals surface area contributed by atoms with Crippen LogP contribution in [0.4, 0.5) is 11.4 Å². The van der Waals surface area contributed by atoms with E-state index in [4.69, 9.17) is 0 Å². The molecule has 0 atom stereocenters. The molecule has 1 saturated heterocycles. The molecule has 0 aromatic heterocycles. The van der Waals surface area contributed by atoms with Gasteiger partial charge >= 0.3 is 10.2 Å². The lowest BCUT2D eigenvalue weighted by Gasteiger charge is -2.18. The van der Waals surface area contributed by atoms with E-state index in [2.05, 4.69) is 13.4 Å². The van der Waals surface area contributed by atoms with Crippen molar-refractivity contribution in [3.05, 3.63) is 24.3 Å². The first-order valence-electron chi connectivity index (χ1n) is 7.49. The Labute approximate surface area is 133 Å². The van der Waals surface area contributed by atoms with E-state index in [0.717, 1.165) is 31.6 Å². The normalized spacial score (nSPS) is 15.8. The minimum absolute atomic E-state index is 0.220. The van der Waals surface area contributed by atoms with Crippen molar-refractivity contribution >= 4 is 31.3 Å². The highest BCUT2D eigenvalue weighted by atomic mass is 32.3. The third kappa shape index (κ3) is 4.36. The maximum Gasteiger partial charge on any atom is 0.350 e. The van der Waals surface area contributed by atoms with E-state index in [1.54, 1.807) is 26.0 Å². The number of rotatable bonds is 6. The van der Waals surface area contributed by atoms with Crippen molar-refractivity contribution in [1.82, 2.24) is 0 Å². The first-order valence-corrected chi connectivity index (χ1v) is 10.8. The summed E-state index contributed by atoms with van der Waals surface area (Å²) in [6.07, 6.45) is 2.31. The summed E-state index contributed by atoms with van der Waals surface area (Å²) in [4.78, 5) is 2.22. The minimum Gasteiger partial charge on any atom is -0.371 e. The molecule has 6 nitrogen and oxygen atoms in total. The predicted octanol–water partition coefficient (Wildman–Crippen LogP) is 2.45. The molecule has 2 rings (SSSR count). The number of anilines is 2. The molecule has 0 spiro atoms. The van der Waals surface area contributed by atoms with Gasteiger partial charge in [0.15, 0.2) is 0 Å². The molecular formula is C14H23N3O3S2. The second-order valence-corrected chi connectivity index (χ2v) is 9.70. The van der Waals surface area contributed by atoms with Crippen LogP contribution in [0.3, 0.4) is 0 Å². The summed E-state index contributed by atoms with van der Waals surface area (Å²) < 4.78 is 42.4. The summed E-state index contributed by atoms with van der Waals surface area (Å²) in [5.74, 6) is 0.441. The van der Waals surface area contributed by atoms with Crippen molar-refractivity contribution < 1.29 is 12.6 Å². The Hall–Kier alpha value is -1.28. The lowest BCUT2D eigenvalue weighted by molar-refractivity contribution is 0.603. The van der Waals surface area contributed by atoms with Crippen LogP contribution in [0, 0.1) is 0 Å². The molecule has 1 N–H and O–H groups in total. The lowest BCUT2D eigenvalue weighted by Crippen LogP contribution is -2.18. The number of benzene rings is 1. The van der Waals surface area contributed by atoms with Crippen LogP contribution in [0.5, 0.6) is 0 Å². The van der Waals surface area contributed by atoms with Crippen LogP contribution >= 0.6 is 0 Å². The fourth-order valence-corrected chi connectivity index (χ4v) is 5.65. The molecule has 0 amide bonds. The van der Waals surface area contributed by atoms with Gasteiger partial charge in [0.2, 0.25) is 0 Å². The van der Waals surface area contributed by atoms with Gasteiger partial charge in [0, 0.05) is 30.3 Å². The fraction of sp³-hybridized carbons (Fsp3) is 0.571. The van der Waals surface area contributed by atoms with Gasteiger partial charge in [0.05, 0.1) is 15.4 Å². The Morgan fingerprint density at radius 3 is 2.36 bits per heavy atom. The van der Waals surface area contributed by atoms with Gasteiger partial charge in [-0.05, 0) is 31.0 Å². The Balaban J connectivity index is 2.23. The van der Waals surface area contributed by atoms with Gasteiger partial charge in [-0.1, -0.05) is 23.7 Å². The number of nitrogens with one attached hydrogen (secondary N) is 1. The van der Waals surface area contributed by atoms with E-state index in [-0.39, 0.29) is 11.5 Å². The molecule has 0 saturated carbocycles. The first-order chi connectivity index (χ1) is 10.4. The Kier molecular flexibility index (Phi) is 5.33. The first kappa shape index (κ1) is 17.1. The summed E-state index contributed by atoms with van der Waals surface area (Å²) >= 11 is 0. The van der Waals surface area contributed by atoms with Crippen LogP contribution in [0.25, 0.3) is 0 Å². The monoisotopic (exact) mass is 345 g/mol. The van der Waals surface area contributed by atoms with E-state index in [1.165, 1.54) is 0 Å². The van der Waals surface area contributed by atoms with Crippen molar-refractivity contribution in [2.24, 2.45) is 3.77 Å². The average molecular weight is 345 g/mol. The molecule has 1 fully saturated rings. The third-order valence-electron chi connectivity index (χ3n) is 3.70. The average Bonchev–Trinajstić information content (AvgIpc) is 3.00. The van der Waals surface area contributed by atoms with Crippen LogP contribution in [-0.2, 0) is 19.9 Å². The molecule has 1 aliphatic heterocycles. The Bertz CT molecular complexity index is 721. The summed E-state index contributed by atoms with van der Waals surface area (Å²) in [6.45, 7) is 5.33. The van der Waals surface area contributed by atoms with Gasteiger partial charge in [-0.2, -0.15) is 8.42 Å². The van der Waals surface area contributed by atoms with Crippen LogP contribution in [-0.4, -0.2) is 37.2 Å². The zero-order valence-electron chi connectivity index (χ0n) is 13.0. The summed E-state index contributed by atoms with van der Waals surface area (Å²) in [7, 11) is -6.68. The molecule has 8 heteroatoms. The molecule has 0 aliphatic carbocycles. The molecule has 0 bridgehead atoms. The summed E-state index contributed by atoms with van der Waals surface area (Å²) in [5, 5.41) is 0. The highest BCUT2D eigenvalue weighted by Crippen LogP contribution is 2.24. The van der Waals surface area contributed by atoms with Crippen LogP contribution < -0.4 is 9.62 Å².